The van der Waals surface area contributed by atoms with E-state index in [1.54, 1.807) is 0 Å². The van der Waals surface area contributed by atoms with Gasteiger partial charge in [-0.2, -0.15) is 0 Å². The highest BCUT2D eigenvalue weighted by atomic mass is 15.1. The highest BCUT2D eigenvalue weighted by Crippen LogP contribution is 2.10. The van der Waals surface area contributed by atoms with Gasteiger partial charge in [0.2, 0.25) is 0 Å². The molecule has 3 heteroatoms. The second kappa shape index (κ2) is 7.79. The maximum atomic E-state index is 4.45. The zero-order valence-electron chi connectivity index (χ0n) is 13.3. The summed E-state index contributed by atoms with van der Waals surface area (Å²) in [6, 6.07) is 14.9. The molecule has 2 aromatic rings. The lowest BCUT2D eigenvalue weighted by atomic mass is 10.1. The molecular weight excluding hydrogens is 258 g/mol. The van der Waals surface area contributed by atoms with E-state index in [0.717, 1.165) is 37.7 Å². The molecule has 112 valence electrons. The predicted octanol–water partition coefficient (Wildman–Crippen LogP) is 3.84. The van der Waals surface area contributed by atoms with Gasteiger partial charge in [0.05, 0.1) is 0 Å². The van der Waals surface area contributed by atoms with Gasteiger partial charge in [-0.25, -0.2) is 4.98 Å². The Labute approximate surface area is 128 Å². The summed E-state index contributed by atoms with van der Waals surface area (Å²) in [5, 5.41) is 3.36. The molecule has 0 aliphatic heterocycles. The molecule has 0 saturated heterocycles. The molecule has 0 spiro atoms. The van der Waals surface area contributed by atoms with Crippen LogP contribution in [-0.2, 0) is 13.1 Å². The Bertz CT molecular complexity index is 545. The molecule has 3 nitrogen and oxygen atoms in total. The number of benzene rings is 1. The van der Waals surface area contributed by atoms with Gasteiger partial charge in [0, 0.05) is 18.8 Å². The van der Waals surface area contributed by atoms with Crippen LogP contribution in [0.5, 0.6) is 0 Å². The maximum absolute atomic E-state index is 4.45. The highest BCUT2D eigenvalue weighted by Gasteiger charge is 2.01. The van der Waals surface area contributed by atoms with Crippen molar-refractivity contribution in [3.63, 3.8) is 0 Å². The Morgan fingerprint density at radius 1 is 0.952 bits per heavy atom. The van der Waals surface area contributed by atoms with Crippen molar-refractivity contribution >= 4 is 5.82 Å². The lowest BCUT2D eigenvalue weighted by Crippen LogP contribution is -2.22. The SMILES string of the molecule is CCN(CC)Cc1ccc(CNc2cccc(C)n2)cc1. The van der Waals surface area contributed by atoms with Gasteiger partial charge in [0.15, 0.2) is 0 Å². The van der Waals surface area contributed by atoms with E-state index < -0.39 is 0 Å². The first-order chi connectivity index (χ1) is 10.2. The normalized spacial score (nSPS) is 10.9. The third-order valence-electron chi connectivity index (χ3n) is 3.69. The molecule has 0 radical (unpaired) electrons. The second-order valence-electron chi connectivity index (χ2n) is 5.30. The van der Waals surface area contributed by atoms with Crippen LogP contribution in [0.2, 0.25) is 0 Å². The molecule has 21 heavy (non-hydrogen) atoms. The summed E-state index contributed by atoms with van der Waals surface area (Å²) < 4.78 is 0. The van der Waals surface area contributed by atoms with Crippen LogP contribution in [0, 0.1) is 6.92 Å². The van der Waals surface area contributed by atoms with Gasteiger partial charge in [-0.3, -0.25) is 4.90 Å². The average molecular weight is 283 g/mol. The maximum Gasteiger partial charge on any atom is 0.126 e. The molecule has 0 unspecified atom stereocenters. The van der Waals surface area contributed by atoms with Gasteiger partial charge < -0.3 is 5.32 Å². The van der Waals surface area contributed by atoms with E-state index in [4.69, 9.17) is 0 Å². The molecule has 0 atom stereocenters. The summed E-state index contributed by atoms with van der Waals surface area (Å²) in [5.41, 5.74) is 3.69. The minimum absolute atomic E-state index is 0.808. The van der Waals surface area contributed by atoms with Crippen molar-refractivity contribution in [1.29, 1.82) is 0 Å². The van der Waals surface area contributed by atoms with E-state index >= 15 is 0 Å². The van der Waals surface area contributed by atoms with Gasteiger partial charge in [-0.05, 0) is 43.3 Å². The van der Waals surface area contributed by atoms with Crippen LogP contribution >= 0.6 is 0 Å². The number of nitrogens with zero attached hydrogens (tertiary/aromatic N) is 2. The molecule has 0 fully saturated rings. The summed E-state index contributed by atoms with van der Waals surface area (Å²) >= 11 is 0. The van der Waals surface area contributed by atoms with Gasteiger partial charge >= 0.3 is 0 Å². The number of pyridine rings is 1. The Kier molecular flexibility index (Phi) is 5.76. The zero-order valence-corrected chi connectivity index (χ0v) is 13.3. The van der Waals surface area contributed by atoms with Crippen LogP contribution in [0.3, 0.4) is 0 Å². The average Bonchev–Trinajstić information content (AvgIpc) is 2.52. The number of hydrogen-bond acceptors (Lipinski definition) is 3. The number of hydrogen-bond donors (Lipinski definition) is 1. The van der Waals surface area contributed by atoms with Crippen LogP contribution in [0.15, 0.2) is 42.5 Å². The first-order valence-corrected chi connectivity index (χ1v) is 7.69. The van der Waals surface area contributed by atoms with Crippen LogP contribution in [0.4, 0.5) is 5.82 Å². The smallest absolute Gasteiger partial charge is 0.126 e. The highest BCUT2D eigenvalue weighted by molar-refractivity contribution is 5.36. The van der Waals surface area contributed by atoms with E-state index in [1.165, 1.54) is 11.1 Å². The van der Waals surface area contributed by atoms with E-state index in [0.29, 0.717) is 0 Å². The number of aryl methyl sites for hydroxylation is 1. The molecule has 2 rings (SSSR count). The molecule has 1 aromatic heterocycles. The fourth-order valence-corrected chi connectivity index (χ4v) is 2.30. The summed E-state index contributed by atoms with van der Waals surface area (Å²) in [6.07, 6.45) is 0. The van der Waals surface area contributed by atoms with E-state index in [2.05, 4.69) is 53.3 Å². The molecule has 0 aliphatic rings. The first kappa shape index (κ1) is 15.5. The van der Waals surface area contributed by atoms with Crippen LogP contribution in [0.25, 0.3) is 0 Å². The van der Waals surface area contributed by atoms with Crippen molar-refractivity contribution < 1.29 is 0 Å². The lowest BCUT2D eigenvalue weighted by molar-refractivity contribution is 0.296. The van der Waals surface area contributed by atoms with Gasteiger partial charge in [-0.1, -0.05) is 44.2 Å². The third kappa shape index (κ3) is 4.87. The van der Waals surface area contributed by atoms with Crippen molar-refractivity contribution in [1.82, 2.24) is 9.88 Å². The van der Waals surface area contributed by atoms with Crippen LogP contribution in [-0.4, -0.2) is 23.0 Å². The predicted molar refractivity (Wildman–Crippen MR) is 89.4 cm³/mol. The summed E-state index contributed by atoms with van der Waals surface area (Å²) in [5.74, 6) is 0.933. The van der Waals surface area contributed by atoms with Gasteiger partial charge in [0.25, 0.3) is 0 Å². The number of aromatic nitrogens is 1. The number of anilines is 1. The second-order valence-corrected chi connectivity index (χ2v) is 5.30. The Hall–Kier alpha value is -1.87. The quantitative estimate of drug-likeness (QED) is 0.836. The first-order valence-electron chi connectivity index (χ1n) is 7.69. The molecule has 0 bridgehead atoms. The van der Waals surface area contributed by atoms with Crippen molar-refractivity contribution in [3.8, 4) is 0 Å². The summed E-state index contributed by atoms with van der Waals surface area (Å²) in [7, 11) is 0. The molecule has 0 saturated carbocycles. The van der Waals surface area contributed by atoms with E-state index in [9.17, 15) is 0 Å². The minimum Gasteiger partial charge on any atom is -0.366 e. The number of nitrogens with one attached hydrogen (secondary N) is 1. The fraction of sp³-hybridized carbons (Fsp3) is 0.389. The van der Waals surface area contributed by atoms with Gasteiger partial charge in [0.1, 0.15) is 5.82 Å². The zero-order chi connectivity index (χ0) is 15.1. The largest absolute Gasteiger partial charge is 0.366 e. The number of rotatable bonds is 7. The molecule has 1 N–H and O–H groups in total. The topological polar surface area (TPSA) is 28.2 Å². The van der Waals surface area contributed by atoms with Crippen LogP contribution < -0.4 is 5.32 Å². The van der Waals surface area contributed by atoms with Crippen molar-refractivity contribution in [3.05, 3.63) is 59.3 Å². The van der Waals surface area contributed by atoms with Gasteiger partial charge in [-0.15, -0.1) is 0 Å². The standard InChI is InChI=1S/C18H25N3/c1-4-21(5-2)14-17-11-9-16(10-12-17)13-19-18-8-6-7-15(3)20-18/h6-12H,4-5,13-14H2,1-3H3,(H,19,20). The lowest BCUT2D eigenvalue weighted by Gasteiger charge is -2.18. The van der Waals surface area contributed by atoms with Crippen molar-refractivity contribution in [2.45, 2.75) is 33.9 Å². The Morgan fingerprint density at radius 3 is 2.24 bits per heavy atom. The monoisotopic (exact) mass is 283 g/mol. The van der Waals surface area contributed by atoms with E-state index in [-0.39, 0.29) is 0 Å². The molecule has 0 amide bonds. The van der Waals surface area contributed by atoms with Crippen LogP contribution in [0.1, 0.15) is 30.7 Å². The summed E-state index contributed by atoms with van der Waals surface area (Å²) in [6.45, 7) is 10.4. The summed E-state index contributed by atoms with van der Waals surface area (Å²) in [4.78, 5) is 6.87. The molecule has 1 heterocycles. The Balaban J connectivity index is 1.90. The van der Waals surface area contributed by atoms with Crippen molar-refractivity contribution in [2.75, 3.05) is 18.4 Å². The molecule has 0 aliphatic carbocycles. The molecular formula is C18H25N3. The fourth-order valence-electron chi connectivity index (χ4n) is 2.30. The molecule has 1 aromatic carbocycles. The minimum atomic E-state index is 0.808. The third-order valence-corrected chi connectivity index (χ3v) is 3.69. The van der Waals surface area contributed by atoms with Crippen molar-refractivity contribution in [2.24, 2.45) is 0 Å². The van der Waals surface area contributed by atoms with E-state index in [1.807, 2.05) is 25.1 Å². The Morgan fingerprint density at radius 2 is 1.62 bits per heavy atom.